The molecular formula is C41H38NO5PS. The molecule has 8 heteroatoms. The molecule has 0 spiro atoms. The first kappa shape index (κ1) is 34.2. The number of rotatable bonds is 11. The fourth-order valence-electron chi connectivity index (χ4n) is 6.57. The number of amides is 1. The number of hydrogen-bond acceptors (Lipinski definition) is 6. The number of aliphatic hydroxyl groups is 1. The van der Waals surface area contributed by atoms with Gasteiger partial charge in [-0.2, -0.15) is 0 Å². The van der Waals surface area contributed by atoms with Crippen LogP contribution in [0.1, 0.15) is 25.8 Å². The summed E-state index contributed by atoms with van der Waals surface area (Å²) in [7, 11) is 0. The molecule has 0 aromatic heterocycles. The van der Waals surface area contributed by atoms with Gasteiger partial charge in [0, 0.05) is 18.2 Å². The standard InChI is InChI=1S/C41H38NO5PS/c1-41(2,46)37-35(28-36(43)49-34-26-16-7-17-27-34)42(38(37)44)39(40(45)47-29-30-18-8-3-9-19-30)48(31-20-10-4-11-21-31,32-22-12-5-13-23-32)33-24-14-6-15-25-33/h3-27,35,37,46H,28-29H2,1-2H3. The van der Waals surface area contributed by atoms with Gasteiger partial charge in [0.25, 0.3) is 0 Å². The highest BCUT2D eigenvalue weighted by Gasteiger charge is 2.58. The van der Waals surface area contributed by atoms with Gasteiger partial charge in [0.2, 0.25) is 5.91 Å². The molecule has 1 aliphatic rings. The molecule has 1 saturated heterocycles. The lowest BCUT2D eigenvalue weighted by molar-refractivity contribution is -0.166. The van der Waals surface area contributed by atoms with Crippen molar-refractivity contribution in [3.8, 4) is 0 Å². The van der Waals surface area contributed by atoms with Gasteiger partial charge in [-0.1, -0.05) is 151 Å². The molecule has 1 heterocycles. The van der Waals surface area contributed by atoms with Crippen molar-refractivity contribution in [3.63, 3.8) is 0 Å². The summed E-state index contributed by atoms with van der Waals surface area (Å²) < 4.78 is 6.14. The second-order valence-corrected chi connectivity index (χ2v) is 16.9. The number of carbonyl (C=O) groups is 3. The summed E-state index contributed by atoms with van der Waals surface area (Å²) in [5.74, 6) is -1.99. The van der Waals surface area contributed by atoms with Crippen LogP contribution >= 0.6 is 18.6 Å². The maximum absolute atomic E-state index is 15.0. The van der Waals surface area contributed by atoms with E-state index in [0.29, 0.717) is 0 Å². The van der Waals surface area contributed by atoms with Crippen molar-refractivity contribution in [1.29, 1.82) is 0 Å². The lowest BCUT2D eigenvalue weighted by Crippen LogP contribution is -2.70. The number of esters is 1. The maximum atomic E-state index is 15.0. The zero-order valence-corrected chi connectivity index (χ0v) is 29.1. The minimum absolute atomic E-state index is 0.00799. The predicted octanol–water partition coefficient (Wildman–Crippen LogP) is 6.16. The van der Waals surface area contributed by atoms with Crippen LogP contribution in [0.4, 0.5) is 0 Å². The summed E-state index contributed by atoms with van der Waals surface area (Å²) in [6.07, 6.45) is -0.0756. The molecule has 1 fully saturated rings. The first-order valence-electron chi connectivity index (χ1n) is 16.2. The second-order valence-electron chi connectivity index (χ2n) is 12.5. The largest absolute Gasteiger partial charge is 0.456 e. The van der Waals surface area contributed by atoms with E-state index in [2.05, 4.69) is 0 Å². The Balaban J connectivity index is 1.62. The van der Waals surface area contributed by atoms with Crippen LogP contribution in [-0.4, -0.2) is 44.1 Å². The number of nitrogens with zero attached hydrogens (tertiary/aromatic N) is 1. The highest BCUT2D eigenvalue weighted by atomic mass is 32.2. The summed E-state index contributed by atoms with van der Waals surface area (Å²) in [4.78, 5) is 45.5. The van der Waals surface area contributed by atoms with Crippen LogP contribution in [0.15, 0.2) is 157 Å². The molecule has 1 aliphatic heterocycles. The molecule has 49 heavy (non-hydrogen) atoms. The molecule has 2 atom stereocenters. The molecule has 1 N–H and O–H groups in total. The van der Waals surface area contributed by atoms with Crippen molar-refractivity contribution in [2.45, 2.75) is 43.4 Å². The van der Waals surface area contributed by atoms with Crippen LogP contribution < -0.4 is 15.9 Å². The van der Waals surface area contributed by atoms with Crippen molar-refractivity contribution < 1.29 is 24.2 Å². The highest BCUT2D eigenvalue weighted by molar-refractivity contribution is 8.13. The number of likely N-dealkylation sites (tertiary alicyclic amines) is 1. The topological polar surface area (TPSA) is 83.9 Å². The normalized spacial score (nSPS) is 16.1. The van der Waals surface area contributed by atoms with Crippen LogP contribution in [0, 0.1) is 5.92 Å². The first-order chi connectivity index (χ1) is 23.7. The van der Waals surface area contributed by atoms with Gasteiger partial charge in [0.1, 0.15) is 12.0 Å². The number of benzene rings is 5. The molecule has 5 aromatic carbocycles. The van der Waals surface area contributed by atoms with Crippen molar-refractivity contribution in [2.24, 2.45) is 5.92 Å². The smallest absolute Gasteiger partial charge is 0.356 e. The Morgan fingerprint density at radius 2 is 1.14 bits per heavy atom. The van der Waals surface area contributed by atoms with E-state index in [1.807, 2.05) is 152 Å². The second kappa shape index (κ2) is 14.8. The summed E-state index contributed by atoms with van der Waals surface area (Å²) in [5, 5.41) is 13.7. The average molecular weight is 688 g/mol. The van der Waals surface area contributed by atoms with Crippen molar-refractivity contribution in [1.82, 2.24) is 4.90 Å². The molecule has 1 amide bonds. The van der Waals surface area contributed by atoms with E-state index >= 15 is 0 Å². The zero-order valence-electron chi connectivity index (χ0n) is 27.4. The third kappa shape index (κ3) is 7.06. The number of ether oxygens (including phenoxy) is 1. The summed E-state index contributed by atoms with van der Waals surface area (Å²) in [5.41, 5.74) is -0.476. The molecule has 6 nitrogen and oxygen atoms in total. The minimum Gasteiger partial charge on any atom is -0.456 e. The van der Waals surface area contributed by atoms with Gasteiger partial charge in [0.15, 0.2) is 5.12 Å². The molecule has 2 unspecified atom stereocenters. The molecule has 0 radical (unpaired) electrons. The van der Waals surface area contributed by atoms with Crippen LogP contribution in [0.2, 0.25) is 0 Å². The SMILES string of the molecule is CC(C)(O)C1C(=O)N(C(C(=O)OCc2ccccc2)=P(c2ccccc2)(c2ccccc2)c2ccccc2)C1CC(=O)Sc1ccccc1. The first-order valence-corrected chi connectivity index (χ1v) is 18.8. The van der Waals surface area contributed by atoms with E-state index in [9.17, 15) is 19.5 Å². The molecule has 0 aliphatic carbocycles. The summed E-state index contributed by atoms with van der Waals surface area (Å²) in [6, 6.07) is 47.2. The Morgan fingerprint density at radius 3 is 1.59 bits per heavy atom. The van der Waals surface area contributed by atoms with E-state index < -0.39 is 36.3 Å². The van der Waals surface area contributed by atoms with E-state index in [-0.39, 0.29) is 23.6 Å². The Hall–Kier alpha value is -4.68. The number of thioether (sulfide) groups is 1. The van der Waals surface area contributed by atoms with E-state index in [1.54, 1.807) is 13.8 Å². The Morgan fingerprint density at radius 1 is 0.714 bits per heavy atom. The molecule has 248 valence electrons. The van der Waals surface area contributed by atoms with Crippen molar-refractivity contribution in [2.75, 3.05) is 0 Å². The highest BCUT2D eigenvalue weighted by Crippen LogP contribution is 2.51. The van der Waals surface area contributed by atoms with Crippen LogP contribution in [0.5, 0.6) is 0 Å². The molecular weight excluding hydrogens is 649 g/mol. The number of β-lactam (4-membered cyclic amide) rings is 1. The van der Waals surface area contributed by atoms with Crippen molar-refractivity contribution >= 4 is 57.0 Å². The van der Waals surface area contributed by atoms with Gasteiger partial charge >= 0.3 is 5.97 Å². The third-order valence-electron chi connectivity index (χ3n) is 8.70. The summed E-state index contributed by atoms with van der Waals surface area (Å²) >= 11 is 1.09. The Bertz CT molecular complexity index is 1860. The van der Waals surface area contributed by atoms with Gasteiger partial charge < -0.3 is 14.7 Å². The van der Waals surface area contributed by atoms with Crippen molar-refractivity contribution in [3.05, 3.63) is 157 Å². The monoisotopic (exact) mass is 687 g/mol. The van der Waals surface area contributed by atoms with Gasteiger partial charge in [-0.05, 0) is 47.5 Å². The van der Waals surface area contributed by atoms with E-state index in [4.69, 9.17) is 4.74 Å². The lowest BCUT2D eigenvalue weighted by atomic mass is 9.75. The zero-order chi connectivity index (χ0) is 34.4. The van der Waals surface area contributed by atoms with Gasteiger partial charge in [-0.3, -0.25) is 9.59 Å². The Kier molecular flexibility index (Phi) is 10.4. The van der Waals surface area contributed by atoms with Gasteiger partial charge in [-0.25, -0.2) is 4.79 Å². The third-order valence-corrected chi connectivity index (χ3v) is 13.9. The fraction of sp³-hybridized carbons (Fsp3) is 0.171. The molecule has 0 saturated carbocycles. The lowest BCUT2D eigenvalue weighted by Gasteiger charge is -2.53. The van der Waals surface area contributed by atoms with E-state index in [0.717, 1.165) is 38.1 Å². The Labute approximate surface area is 291 Å². The fourth-order valence-corrected chi connectivity index (χ4v) is 11.8. The average Bonchev–Trinajstić information content (AvgIpc) is 3.12. The maximum Gasteiger partial charge on any atom is 0.356 e. The minimum atomic E-state index is -3.18. The van der Waals surface area contributed by atoms with Crippen LogP contribution in [-0.2, 0) is 25.7 Å². The predicted molar refractivity (Wildman–Crippen MR) is 199 cm³/mol. The molecule has 6 rings (SSSR count). The van der Waals surface area contributed by atoms with E-state index in [1.165, 1.54) is 4.90 Å². The quantitative estimate of drug-likeness (QED) is 0.0776. The van der Waals surface area contributed by atoms with Crippen LogP contribution in [0.3, 0.4) is 0 Å². The number of hydrogen-bond donors (Lipinski definition) is 1. The summed E-state index contributed by atoms with van der Waals surface area (Å²) in [6.45, 7) is -0.0272. The van der Waals surface area contributed by atoms with Gasteiger partial charge in [0.05, 0.1) is 17.6 Å². The molecule has 5 aromatic rings. The number of carbonyl (C=O) groups excluding carboxylic acids is 3. The van der Waals surface area contributed by atoms with Crippen LogP contribution in [0.25, 0.3) is 0 Å². The van der Waals surface area contributed by atoms with Gasteiger partial charge in [-0.15, -0.1) is 0 Å². The molecule has 0 bridgehead atoms.